The minimum absolute atomic E-state index is 0.0747. The molecule has 1 saturated heterocycles. The van der Waals surface area contributed by atoms with Gasteiger partial charge in [0.1, 0.15) is 5.82 Å². The van der Waals surface area contributed by atoms with Gasteiger partial charge in [0.25, 0.3) is 0 Å². The van der Waals surface area contributed by atoms with Crippen LogP contribution >= 0.6 is 11.6 Å². The van der Waals surface area contributed by atoms with Crippen molar-refractivity contribution in [3.05, 3.63) is 34.6 Å². The molecule has 1 fully saturated rings. The first kappa shape index (κ1) is 13.8. The van der Waals surface area contributed by atoms with Gasteiger partial charge in [-0.2, -0.15) is 0 Å². The number of halogens is 2. The Morgan fingerprint density at radius 2 is 2.28 bits per heavy atom. The van der Waals surface area contributed by atoms with Gasteiger partial charge >= 0.3 is 0 Å². The lowest BCUT2D eigenvalue weighted by atomic mass is 10.0. The first-order valence-electron chi connectivity index (χ1n) is 6.57. The van der Waals surface area contributed by atoms with Crippen molar-refractivity contribution in [2.45, 2.75) is 38.3 Å². The quantitative estimate of drug-likeness (QED) is 0.909. The standard InChI is InChI=1S/C14H20ClFN2/c1-2-13-4-3-5-18(13)14(9-17)10-6-11(15)8-12(16)7-10/h6-8,13-14H,2-5,9,17H2,1H3. The SMILES string of the molecule is CCC1CCCN1C(CN)c1cc(F)cc(Cl)c1. The minimum atomic E-state index is -0.289. The number of benzene rings is 1. The summed E-state index contributed by atoms with van der Waals surface area (Å²) in [6.07, 6.45) is 3.51. The van der Waals surface area contributed by atoms with Crippen molar-refractivity contribution in [2.75, 3.05) is 13.1 Å². The maximum absolute atomic E-state index is 13.4. The van der Waals surface area contributed by atoms with Gasteiger partial charge in [-0.1, -0.05) is 18.5 Å². The topological polar surface area (TPSA) is 29.3 Å². The summed E-state index contributed by atoms with van der Waals surface area (Å²) in [7, 11) is 0. The summed E-state index contributed by atoms with van der Waals surface area (Å²) in [5, 5.41) is 0.440. The molecule has 2 atom stereocenters. The number of rotatable bonds is 4. The van der Waals surface area contributed by atoms with Crippen molar-refractivity contribution in [3.63, 3.8) is 0 Å². The lowest BCUT2D eigenvalue weighted by molar-refractivity contribution is 0.180. The molecule has 100 valence electrons. The second kappa shape index (κ2) is 6.00. The van der Waals surface area contributed by atoms with Crippen LogP contribution in [0.5, 0.6) is 0 Å². The van der Waals surface area contributed by atoms with Crippen molar-refractivity contribution in [2.24, 2.45) is 5.73 Å². The molecule has 0 aromatic heterocycles. The molecule has 0 saturated carbocycles. The van der Waals surface area contributed by atoms with Gasteiger partial charge in [0.05, 0.1) is 0 Å². The van der Waals surface area contributed by atoms with Crippen LogP contribution in [0, 0.1) is 5.82 Å². The number of nitrogens with two attached hydrogens (primary N) is 1. The second-order valence-corrected chi connectivity index (χ2v) is 5.33. The van der Waals surface area contributed by atoms with E-state index in [9.17, 15) is 4.39 Å². The fourth-order valence-corrected chi connectivity index (χ4v) is 3.17. The number of hydrogen-bond donors (Lipinski definition) is 1. The van der Waals surface area contributed by atoms with Crippen molar-refractivity contribution in [3.8, 4) is 0 Å². The van der Waals surface area contributed by atoms with Crippen LogP contribution in [0.25, 0.3) is 0 Å². The summed E-state index contributed by atoms with van der Waals surface area (Å²) in [4.78, 5) is 2.39. The molecule has 18 heavy (non-hydrogen) atoms. The Morgan fingerprint density at radius 3 is 2.89 bits per heavy atom. The molecule has 0 aliphatic carbocycles. The highest BCUT2D eigenvalue weighted by Gasteiger charge is 2.29. The summed E-state index contributed by atoms with van der Waals surface area (Å²) in [5.74, 6) is -0.289. The Morgan fingerprint density at radius 1 is 1.50 bits per heavy atom. The molecule has 1 aromatic rings. The molecule has 0 radical (unpaired) electrons. The van der Waals surface area contributed by atoms with Gasteiger partial charge in [0.15, 0.2) is 0 Å². The van der Waals surface area contributed by atoms with Gasteiger partial charge < -0.3 is 5.73 Å². The molecule has 0 amide bonds. The average Bonchev–Trinajstić information content (AvgIpc) is 2.77. The smallest absolute Gasteiger partial charge is 0.125 e. The van der Waals surface area contributed by atoms with Crippen LogP contribution in [0.3, 0.4) is 0 Å². The molecule has 2 rings (SSSR count). The molecule has 0 bridgehead atoms. The van der Waals surface area contributed by atoms with Crippen molar-refractivity contribution in [1.82, 2.24) is 4.90 Å². The predicted molar refractivity (Wildman–Crippen MR) is 73.2 cm³/mol. The van der Waals surface area contributed by atoms with Gasteiger partial charge in [-0.15, -0.1) is 0 Å². The zero-order chi connectivity index (χ0) is 13.1. The van der Waals surface area contributed by atoms with Crippen molar-refractivity contribution < 1.29 is 4.39 Å². The minimum Gasteiger partial charge on any atom is -0.329 e. The second-order valence-electron chi connectivity index (χ2n) is 4.90. The van der Waals surface area contributed by atoms with Crippen molar-refractivity contribution >= 4 is 11.6 Å². The first-order chi connectivity index (χ1) is 8.65. The molecular formula is C14H20ClFN2. The third kappa shape index (κ3) is 2.85. The molecular weight excluding hydrogens is 251 g/mol. The molecule has 2 nitrogen and oxygen atoms in total. The van der Waals surface area contributed by atoms with Gasteiger partial charge in [-0.25, -0.2) is 4.39 Å². The van der Waals surface area contributed by atoms with Crippen LogP contribution in [-0.2, 0) is 0 Å². The van der Waals surface area contributed by atoms with Gasteiger partial charge in [-0.05, 0) is 49.6 Å². The Balaban J connectivity index is 2.27. The third-order valence-corrected chi connectivity index (χ3v) is 4.01. The third-order valence-electron chi connectivity index (χ3n) is 3.79. The van der Waals surface area contributed by atoms with Gasteiger partial charge in [0, 0.05) is 23.7 Å². The van der Waals surface area contributed by atoms with E-state index in [0.29, 0.717) is 17.6 Å². The summed E-state index contributed by atoms with van der Waals surface area (Å²) in [6, 6.07) is 5.34. The Kier molecular flexibility index (Phi) is 4.60. The highest BCUT2D eigenvalue weighted by atomic mass is 35.5. The Hall–Kier alpha value is -0.640. The van der Waals surface area contributed by atoms with E-state index in [1.165, 1.54) is 18.9 Å². The van der Waals surface area contributed by atoms with Crippen LogP contribution < -0.4 is 5.73 Å². The lowest BCUT2D eigenvalue weighted by Crippen LogP contribution is -2.37. The van der Waals surface area contributed by atoms with Crippen LogP contribution in [0.2, 0.25) is 5.02 Å². The van der Waals surface area contributed by atoms with E-state index < -0.39 is 0 Å². The Bertz CT molecular complexity index is 391. The predicted octanol–water partition coefficient (Wildman–Crippen LogP) is 3.35. The van der Waals surface area contributed by atoms with E-state index in [1.807, 2.05) is 6.07 Å². The van der Waals surface area contributed by atoms with Crippen LogP contribution in [-0.4, -0.2) is 24.0 Å². The van der Waals surface area contributed by atoms with Crippen molar-refractivity contribution in [1.29, 1.82) is 0 Å². The van der Waals surface area contributed by atoms with Crippen LogP contribution in [0.1, 0.15) is 37.8 Å². The first-order valence-corrected chi connectivity index (χ1v) is 6.95. The Labute approximate surface area is 113 Å². The van der Waals surface area contributed by atoms with Gasteiger partial charge in [-0.3, -0.25) is 4.90 Å². The lowest BCUT2D eigenvalue weighted by Gasteiger charge is -2.32. The molecule has 2 N–H and O–H groups in total. The maximum Gasteiger partial charge on any atom is 0.125 e. The zero-order valence-electron chi connectivity index (χ0n) is 10.7. The maximum atomic E-state index is 13.4. The molecule has 0 spiro atoms. The highest BCUT2D eigenvalue weighted by molar-refractivity contribution is 6.30. The molecule has 1 heterocycles. The molecule has 4 heteroatoms. The normalized spacial score (nSPS) is 22.3. The molecule has 1 aliphatic heterocycles. The van der Waals surface area contributed by atoms with E-state index in [-0.39, 0.29) is 11.9 Å². The fraction of sp³-hybridized carbons (Fsp3) is 0.571. The van der Waals surface area contributed by atoms with E-state index in [0.717, 1.165) is 18.5 Å². The highest BCUT2D eigenvalue weighted by Crippen LogP contribution is 2.31. The summed E-state index contributed by atoms with van der Waals surface area (Å²) in [6.45, 7) is 3.72. The van der Waals surface area contributed by atoms with E-state index >= 15 is 0 Å². The molecule has 1 aromatic carbocycles. The molecule has 1 aliphatic rings. The number of hydrogen-bond acceptors (Lipinski definition) is 2. The van der Waals surface area contributed by atoms with E-state index in [1.54, 1.807) is 6.07 Å². The summed E-state index contributed by atoms with van der Waals surface area (Å²) < 4.78 is 13.4. The van der Waals surface area contributed by atoms with Crippen LogP contribution in [0.15, 0.2) is 18.2 Å². The van der Waals surface area contributed by atoms with Crippen LogP contribution in [0.4, 0.5) is 4.39 Å². The molecule has 2 unspecified atom stereocenters. The summed E-state index contributed by atoms with van der Waals surface area (Å²) in [5.41, 5.74) is 6.79. The van der Waals surface area contributed by atoms with E-state index in [4.69, 9.17) is 17.3 Å². The monoisotopic (exact) mass is 270 g/mol. The number of likely N-dealkylation sites (tertiary alicyclic amines) is 1. The number of nitrogens with zero attached hydrogens (tertiary/aromatic N) is 1. The van der Waals surface area contributed by atoms with E-state index in [2.05, 4.69) is 11.8 Å². The summed E-state index contributed by atoms with van der Waals surface area (Å²) >= 11 is 5.93. The average molecular weight is 271 g/mol. The fourth-order valence-electron chi connectivity index (χ4n) is 2.94. The van der Waals surface area contributed by atoms with Gasteiger partial charge in [0.2, 0.25) is 0 Å². The zero-order valence-corrected chi connectivity index (χ0v) is 11.5. The largest absolute Gasteiger partial charge is 0.329 e.